The number of nitrogens with zero attached hydrogens (tertiary/aromatic N) is 1. The first kappa shape index (κ1) is 17.4. The second kappa shape index (κ2) is 8.62. The number of aryl methyl sites for hydroxylation is 1. The molecule has 2 aromatic carbocycles. The fourth-order valence-electron chi connectivity index (χ4n) is 2.93. The van der Waals surface area contributed by atoms with Gasteiger partial charge in [0.25, 0.3) is 0 Å². The number of benzene rings is 2. The third-order valence-electron chi connectivity index (χ3n) is 4.29. The summed E-state index contributed by atoms with van der Waals surface area (Å²) >= 11 is 0. The lowest BCUT2D eigenvalue weighted by atomic mass is 10.1. The molecule has 1 aliphatic heterocycles. The van der Waals surface area contributed by atoms with Crippen molar-refractivity contribution in [1.82, 2.24) is 0 Å². The van der Waals surface area contributed by atoms with Crippen molar-refractivity contribution in [2.45, 2.75) is 19.3 Å². The molecular weight excluding hydrogens is 319 g/mol. The van der Waals surface area contributed by atoms with Crippen LogP contribution in [0.2, 0.25) is 0 Å². The fourth-order valence-corrected chi connectivity index (χ4v) is 2.93. The first-order chi connectivity index (χ1) is 12.2. The highest BCUT2D eigenvalue weighted by Gasteiger charge is 2.12. The van der Waals surface area contributed by atoms with Gasteiger partial charge in [0.2, 0.25) is 5.91 Å². The monoisotopic (exact) mass is 342 g/mol. The molecule has 4 nitrogen and oxygen atoms in total. The third kappa shape index (κ3) is 5.29. The molecule has 1 N–H and O–H groups in total. The highest BCUT2D eigenvalue weighted by atomic mass is 19.1. The lowest BCUT2D eigenvalue weighted by molar-refractivity contribution is -0.116. The van der Waals surface area contributed by atoms with Gasteiger partial charge in [-0.1, -0.05) is 18.2 Å². The van der Waals surface area contributed by atoms with Gasteiger partial charge in [0.15, 0.2) is 0 Å². The summed E-state index contributed by atoms with van der Waals surface area (Å²) in [5.74, 6) is -0.233. The van der Waals surface area contributed by atoms with Crippen LogP contribution in [0.15, 0.2) is 48.5 Å². The molecule has 2 aromatic rings. The fraction of sp³-hybridized carbons (Fsp3) is 0.350. The number of hydrogen-bond acceptors (Lipinski definition) is 3. The molecule has 0 bridgehead atoms. The van der Waals surface area contributed by atoms with E-state index in [0.717, 1.165) is 56.1 Å². The van der Waals surface area contributed by atoms with E-state index in [0.29, 0.717) is 6.42 Å². The number of ether oxygens (including phenoxy) is 1. The summed E-state index contributed by atoms with van der Waals surface area (Å²) in [6, 6.07) is 14.3. The topological polar surface area (TPSA) is 41.6 Å². The number of nitrogens with one attached hydrogen (secondary N) is 1. The number of rotatable bonds is 6. The van der Waals surface area contributed by atoms with E-state index in [-0.39, 0.29) is 11.7 Å². The van der Waals surface area contributed by atoms with Gasteiger partial charge in [-0.2, -0.15) is 0 Å². The molecular formula is C20H23FN2O2. The molecule has 1 amide bonds. The Morgan fingerprint density at radius 1 is 1.12 bits per heavy atom. The van der Waals surface area contributed by atoms with Gasteiger partial charge in [-0.05, 0) is 48.7 Å². The van der Waals surface area contributed by atoms with Crippen LogP contribution >= 0.6 is 0 Å². The van der Waals surface area contributed by atoms with E-state index in [1.165, 1.54) is 12.1 Å². The van der Waals surface area contributed by atoms with Gasteiger partial charge in [-0.15, -0.1) is 0 Å². The smallest absolute Gasteiger partial charge is 0.224 e. The zero-order valence-corrected chi connectivity index (χ0v) is 14.2. The Balaban J connectivity index is 1.48. The van der Waals surface area contributed by atoms with Gasteiger partial charge in [0, 0.05) is 30.9 Å². The van der Waals surface area contributed by atoms with Gasteiger partial charge in [-0.3, -0.25) is 4.79 Å². The molecule has 0 saturated carbocycles. The quantitative estimate of drug-likeness (QED) is 0.872. The lowest BCUT2D eigenvalue weighted by Gasteiger charge is -2.29. The van der Waals surface area contributed by atoms with E-state index in [1.807, 2.05) is 18.2 Å². The molecule has 0 unspecified atom stereocenters. The SMILES string of the molecule is O=C(CCCc1ccc(F)cc1)Nc1cccc(N2CCOCC2)c1. The summed E-state index contributed by atoms with van der Waals surface area (Å²) in [7, 11) is 0. The standard InChI is InChI=1S/C20H23FN2O2/c21-17-9-7-16(8-10-17)3-1-6-20(24)22-18-4-2-5-19(15-18)23-11-13-25-14-12-23/h2,4-5,7-10,15H,1,3,6,11-14H2,(H,22,24). The van der Waals surface area contributed by atoms with Crippen LogP contribution in [-0.4, -0.2) is 32.2 Å². The summed E-state index contributed by atoms with van der Waals surface area (Å²) in [6.45, 7) is 3.21. The molecule has 1 heterocycles. The van der Waals surface area contributed by atoms with Gasteiger partial charge in [-0.25, -0.2) is 4.39 Å². The first-order valence-corrected chi connectivity index (χ1v) is 8.68. The Bertz CT molecular complexity index is 697. The van der Waals surface area contributed by atoms with Crippen LogP contribution in [0.5, 0.6) is 0 Å². The first-order valence-electron chi connectivity index (χ1n) is 8.68. The third-order valence-corrected chi connectivity index (χ3v) is 4.29. The van der Waals surface area contributed by atoms with Gasteiger partial charge in [0.05, 0.1) is 13.2 Å². The van der Waals surface area contributed by atoms with E-state index >= 15 is 0 Å². The maximum atomic E-state index is 12.9. The number of morpholine rings is 1. The van der Waals surface area contributed by atoms with Crippen LogP contribution in [0.4, 0.5) is 15.8 Å². The summed E-state index contributed by atoms with van der Waals surface area (Å²) in [4.78, 5) is 14.4. The van der Waals surface area contributed by atoms with E-state index in [4.69, 9.17) is 4.74 Å². The number of carbonyl (C=O) groups is 1. The number of carbonyl (C=O) groups excluding carboxylic acids is 1. The Kier molecular flexibility index (Phi) is 6.01. The Morgan fingerprint density at radius 2 is 1.88 bits per heavy atom. The van der Waals surface area contributed by atoms with Crippen molar-refractivity contribution in [3.8, 4) is 0 Å². The van der Waals surface area contributed by atoms with Crippen molar-refractivity contribution in [2.75, 3.05) is 36.5 Å². The molecule has 5 heteroatoms. The normalized spacial score (nSPS) is 14.4. The molecule has 3 rings (SSSR count). The Morgan fingerprint density at radius 3 is 2.64 bits per heavy atom. The van der Waals surface area contributed by atoms with Crippen LogP contribution in [0.3, 0.4) is 0 Å². The zero-order valence-electron chi connectivity index (χ0n) is 14.2. The molecule has 132 valence electrons. The van der Waals surface area contributed by atoms with E-state index in [9.17, 15) is 9.18 Å². The van der Waals surface area contributed by atoms with Crippen molar-refractivity contribution in [3.63, 3.8) is 0 Å². The average molecular weight is 342 g/mol. The Hall–Kier alpha value is -2.40. The second-order valence-electron chi connectivity index (χ2n) is 6.18. The molecule has 0 spiro atoms. The zero-order chi connectivity index (χ0) is 17.5. The van der Waals surface area contributed by atoms with Crippen molar-refractivity contribution < 1.29 is 13.9 Å². The molecule has 0 aromatic heterocycles. The molecule has 1 fully saturated rings. The number of amides is 1. The van der Waals surface area contributed by atoms with E-state index < -0.39 is 0 Å². The van der Waals surface area contributed by atoms with Crippen molar-refractivity contribution in [2.24, 2.45) is 0 Å². The van der Waals surface area contributed by atoms with Crippen molar-refractivity contribution >= 4 is 17.3 Å². The maximum absolute atomic E-state index is 12.9. The highest BCUT2D eigenvalue weighted by molar-refractivity contribution is 5.91. The maximum Gasteiger partial charge on any atom is 0.224 e. The van der Waals surface area contributed by atoms with Crippen LogP contribution in [0, 0.1) is 5.82 Å². The minimum atomic E-state index is -0.235. The minimum absolute atomic E-state index is 0.00115. The van der Waals surface area contributed by atoms with Gasteiger partial charge >= 0.3 is 0 Å². The number of hydrogen-bond donors (Lipinski definition) is 1. The van der Waals surface area contributed by atoms with Gasteiger partial charge in [0.1, 0.15) is 5.82 Å². The van der Waals surface area contributed by atoms with Gasteiger partial charge < -0.3 is 15.0 Å². The van der Waals surface area contributed by atoms with Crippen molar-refractivity contribution in [1.29, 1.82) is 0 Å². The van der Waals surface area contributed by atoms with Crippen LogP contribution in [0.1, 0.15) is 18.4 Å². The molecule has 1 saturated heterocycles. The van der Waals surface area contributed by atoms with E-state index in [2.05, 4.69) is 16.3 Å². The van der Waals surface area contributed by atoms with Crippen molar-refractivity contribution in [3.05, 3.63) is 59.9 Å². The van der Waals surface area contributed by atoms with Crippen LogP contribution in [-0.2, 0) is 16.0 Å². The highest BCUT2D eigenvalue weighted by Crippen LogP contribution is 2.20. The molecule has 0 radical (unpaired) electrons. The lowest BCUT2D eigenvalue weighted by Crippen LogP contribution is -2.36. The summed E-state index contributed by atoms with van der Waals surface area (Å²) in [5.41, 5.74) is 2.96. The predicted octanol–water partition coefficient (Wildman–Crippen LogP) is 3.62. The predicted molar refractivity (Wildman–Crippen MR) is 97.4 cm³/mol. The number of halogens is 1. The average Bonchev–Trinajstić information content (AvgIpc) is 2.64. The second-order valence-corrected chi connectivity index (χ2v) is 6.18. The molecule has 0 aliphatic carbocycles. The summed E-state index contributed by atoms with van der Waals surface area (Å²) in [5, 5.41) is 2.96. The molecule has 1 aliphatic rings. The number of anilines is 2. The summed E-state index contributed by atoms with van der Waals surface area (Å²) in [6.07, 6.45) is 1.95. The van der Waals surface area contributed by atoms with E-state index in [1.54, 1.807) is 12.1 Å². The largest absolute Gasteiger partial charge is 0.378 e. The molecule has 0 atom stereocenters. The summed E-state index contributed by atoms with van der Waals surface area (Å²) < 4.78 is 18.2. The van der Waals surface area contributed by atoms with Crippen LogP contribution < -0.4 is 10.2 Å². The minimum Gasteiger partial charge on any atom is -0.378 e. The molecule has 25 heavy (non-hydrogen) atoms. The Labute approximate surface area is 147 Å². The van der Waals surface area contributed by atoms with Crippen LogP contribution in [0.25, 0.3) is 0 Å².